The van der Waals surface area contributed by atoms with Gasteiger partial charge in [0.1, 0.15) is 10.8 Å². The monoisotopic (exact) mass is 481 g/mol. The van der Waals surface area contributed by atoms with Crippen molar-refractivity contribution in [2.75, 3.05) is 18.5 Å². The van der Waals surface area contributed by atoms with Gasteiger partial charge in [0.15, 0.2) is 0 Å². The summed E-state index contributed by atoms with van der Waals surface area (Å²) in [4.78, 5) is 25.4. The number of rotatable bonds is 10. The number of carbonyl (C=O) groups excluding carboxylic acids is 2. The van der Waals surface area contributed by atoms with Crippen LogP contribution in [0.4, 0.5) is 5.00 Å². The number of thiophene rings is 1. The van der Waals surface area contributed by atoms with Crippen LogP contribution >= 0.6 is 27.3 Å². The van der Waals surface area contributed by atoms with Crippen molar-refractivity contribution < 1.29 is 19.1 Å². The lowest BCUT2D eigenvalue weighted by molar-refractivity contribution is -0.116. The Kier molecular flexibility index (Phi) is 9.17. The fraction of sp³-hybridized carbons (Fsp3) is 0.455. The number of hydrogen-bond acceptors (Lipinski definition) is 5. The Bertz CT molecular complexity index is 847. The van der Waals surface area contributed by atoms with Crippen LogP contribution in [0.3, 0.4) is 0 Å². The summed E-state index contributed by atoms with van der Waals surface area (Å²) in [7, 11) is 0. The van der Waals surface area contributed by atoms with Gasteiger partial charge in [-0.05, 0) is 65.4 Å². The standard InChI is InChI=1S/C22H28BrNO4S/c1-5-16-13-17(22(26)27-6-2)21(29-16)24-20(25)8-7-11-28-19-10-9-15(14(3)4)12-18(19)23/h9-10,12-14H,5-8,11H2,1-4H3,(H,24,25). The van der Waals surface area contributed by atoms with Gasteiger partial charge >= 0.3 is 5.97 Å². The van der Waals surface area contributed by atoms with Crippen molar-refractivity contribution >= 4 is 44.1 Å². The Morgan fingerprint density at radius 2 is 1.97 bits per heavy atom. The Labute approximate surface area is 184 Å². The molecular formula is C22H28BrNO4S. The van der Waals surface area contributed by atoms with E-state index < -0.39 is 5.97 Å². The maximum absolute atomic E-state index is 12.3. The quantitative estimate of drug-likeness (QED) is 0.325. The van der Waals surface area contributed by atoms with Crippen LogP contribution < -0.4 is 10.1 Å². The van der Waals surface area contributed by atoms with Gasteiger partial charge in [-0.25, -0.2) is 4.79 Å². The molecule has 2 rings (SSSR count). The zero-order chi connectivity index (χ0) is 21.4. The molecule has 0 spiro atoms. The smallest absolute Gasteiger partial charge is 0.341 e. The van der Waals surface area contributed by atoms with E-state index in [1.165, 1.54) is 16.9 Å². The molecule has 0 atom stereocenters. The zero-order valence-electron chi connectivity index (χ0n) is 17.3. The zero-order valence-corrected chi connectivity index (χ0v) is 19.7. The second-order valence-electron chi connectivity index (χ2n) is 6.87. The highest BCUT2D eigenvalue weighted by Crippen LogP contribution is 2.30. The number of carbonyl (C=O) groups is 2. The van der Waals surface area contributed by atoms with Gasteiger partial charge in [0, 0.05) is 11.3 Å². The second kappa shape index (κ2) is 11.4. The van der Waals surface area contributed by atoms with Crippen LogP contribution in [0.5, 0.6) is 5.75 Å². The summed E-state index contributed by atoms with van der Waals surface area (Å²) in [5.41, 5.74) is 1.66. The molecule has 0 aliphatic carbocycles. The van der Waals surface area contributed by atoms with Crippen LogP contribution in [0.25, 0.3) is 0 Å². The molecule has 29 heavy (non-hydrogen) atoms. The first-order valence-electron chi connectivity index (χ1n) is 9.87. The van der Waals surface area contributed by atoms with Gasteiger partial charge in [0.25, 0.3) is 0 Å². The topological polar surface area (TPSA) is 64.6 Å². The average Bonchev–Trinajstić information content (AvgIpc) is 3.09. The summed E-state index contributed by atoms with van der Waals surface area (Å²) in [6.07, 6.45) is 1.68. The number of nitrogens with one attached hydrogen (secondary N) is 1. The highest BCUT2D eigenvalue weighted by Gasteiger charge is 2.18. The largest absolute Gasteiger partial charge is 0.492 e. The van der Waals surface area contributed by atoms with Crippen LogP contribution in [0, 0.1) is 0 Å². The van der Waals surface area contributed by atoms with E-state index in [-0.39, 0.29) is 5.91 Å². The predicted molar refractivity (Wildman–Crippen MR) is 121 cm³/mol. The molecule has 0 unspecified atom stereocenters. The van der Waals surface area contributed by atoms with Crippen LogP contribution in [-0.4, -0.2) is 25.1 Å². The molecule has 1 aromatic heterocycles. The lowest BCUT2D eigenvalue weighted by Crippen LogP contribution is -2.14. The van der Waals surface area contributed by atoms with Gasteiger partial charge in [-0.2, -0.15) is 0 Å². The average molecular weight is 482 g/mol. The molecule has 0 saturated carbocycles. The number of ether oxygens (including phenoxy) is 2. The number of hydrogen-bond donors (Lipinski definition) is 1. The summed E-state index contributed by atoms with van der Waals surface area (Å²) in [6.45, 7) is 8.79. The van der Waals surface area contributed by atoms with Crippen LogP contribution in [0.2, 0.25) is 0 Å². The minimum atomic E-state index is -0.406. The van der Waals surface area contributed by atoms with E-state index in [2.05, 4.69) is 47.2 Å². The molecule has 7 heteroatoms. The number of aryl methyl sites for hydroxylation is 1. The van der Waals surface area contributed by atoms with E-state index in [0.29, 0.717) is 42.5 Å². The molecule has 2 aromatic rings. The second-order valence-corrected chi connectivity index (χ2v) is 8.87. The summed E-state index contributed by atoms with van der Waals surface area (Å²) < 4.78 is 11.8. The number of anilines is 1. The van der Waals surface area contributed by atoms with Gasteiger partial charge in [-0.3, -0.25) is 4.79 Å². The number of benzene rings is 1. The Morgan fingerprint density at radius 3 is 2.59 bits per heavy atom. The van der Waals surface area contributed by atoms with Gasteiger partial charge in [0.05, 0.1) is 23.2 Å². The Balaban J connectivity index is 1.86. The third kappa shape index (κ3) is 6.85. The molecule has 1 amide bonds. The maximum Gasteiger partial charge on any atom is 0.341 e. The highest BCUT2D eigenvalue weighted by molar-refractivity contribution is 9.10. The summed E-state index contributed by atoms with van der Waals surface area (Å²) in [6, 6.07) is 7.85. The van der Waals surface area contributed by atoms with E-state index in [1.54, 1.807) is 13.0 Å². The Morgan fingerprint density at radius 1 is 1.21 bits per heavy atom. The minimum absolute atomic E-state index is 0.141. The van der Waals surface area contributed by atoms with Crippen LogP contribution in [0.15, 0.2) is 28.7 Å². The molecule has 1 aromatic carbocycles. The lowest BCUT2D eigenvalue weighted by Gasteiger charge is -2.11. The van der Waals surface area contributed by atoms with Crippen molar-refractivity contribution in [1.82, 2.24) is 0 Å². The van der Waals surface area contributed by atoms with Gasteiger partial charge in [-0.1, -0.05) is 26.8 Å². The molecule has 0 saturated heterocycles. The van der Waals surface area contributed by atoms with Crippen LogP contribution in [0.1, 0.15) is 67.3 Å². The number of esters is 1. The van der Waals surface area contributed by atoms with Crippen molar-refractivity contribution in [2.24, 2.45) is 0 Å². The SMILES string of the molecule is CCOC(=O)c1cc(CC)sc1NC(=O)CCCOc1ccc(C(C)C)cc1Br. The first-order chi connectivity index (χ1) is 13.8. The fourth-order valence-electron chi connectivity index (χ4n) is 2.67. The first kappa shape index (κ1) is 23.4. The lowest BCUT2D eigenvalue weighted by atomic mass is 10.0. The molecule has 0 radical (unpaired) electrons. The number of amides is 1. The van der Waals surface area contributed by atoms with Crippen molar-refractivity contribution in [3.8, 4) is 5.75 Å². The van der Waals surface area contributed by atoms with E-state index >= 15 is 0 Å². The van der Waals surface area contributed by atoms with Crippen LogP contribution in [-0.2, 0) is 16.0 Å². The molecule has 1 heterocycles. The highest BCUT2D eigenvalue weighted by atomic mass is 79.9. The molecule has 1 N–H and O–H groups in total. The third-order valence-corrected chi connectivity index (χ3v) is 6.12. The molecule has 0 aliphatic rings. The molecule has 5 nitrogen and oxygen atoms in total. The molecule has 0 fully saturated rings. The molecule has 0 aliphatic heterocycles. The van der Waals surface area contributed by atoms with E-state index in [1.807, 2.05) is 13.0 Å². The first-order valence-corrected chi connectivity index (χ1v) is 11.5. The fourth-order valence-corrected chi connectivity index (χ4v) is 4.18. The van der Waals surface area contributed by atoms with Gasteiger partial charge in [0.2, 0.25) is 5.91 Å². The van der Waals surface area contributed by atoms with E-state index in [0.717, 1.165) is 21.5 Å². The third-order valence-electron chi connectivity index (χ3n) is 4.31. The molecule has 158 valence electrons. The van der Waals surface area contributed by atoms with E-state index in [9.17, 15) is 9.59 Å². The Hall–Kier alpha value is -1.86. The maximum atomic E-state index is 12.3. The summed E-state index contributed by atoms with van der Waals surface area (Å²) in [5.74, 6) is 0.675. The van der Waals surface area contributed by atoms with Gasteiger partial charge < -0.3 is 14.8 Å². The van der Waals surface area contributed by atoms with E-state index in [4.69, 9.17) is 9.47 Å². The minimum Gasteiger partial charge on any atom is -0.492 e. The molecular weight excluding hydrogens is 454 g/mol. The predicted octanol–water partition coefficient (Wildman–Crippen LogP) is 6.17. The molecule has 0 bridgehead atoms. The van der Waals surface area contributed by atoms with Crippen molar-refractivity contribution in [1.29, 1.82) is 0 Å². The van der Waals surface area contributed by atoms with Gasteiger partial charge in [-0.15, -0.1) is 11.3 Å². The summed E-state index contributed by atoms with van der Waals surface area (Å²) >= 11 is 4.95. The normalized spacial score (nSPS) is 10.8. The van der Waals surface area contributed by atoms with Crippen molar-refractivity contribution in [3.05, 3.63) is 44.7 Å². The summed E-state index contributed by atoms with van der Waals surface area (Å²) in [5, 5.41) is 3.40. The number of halogens is 1. The van der Waals surface area contributed by atoms with Crippen molar-refractivity contribution in [3.63, 3.8) is 0 Å². The van der Waals surface area contributed by atoms with Crippen molar-refractivity contribution in [2.45, 2.75) is 52.9 Å².